The predicted molar refractivity (Wildman–Crippen MR) is 22.8 cm³/mol. The molecule has 0 fully saturated rings. The molecule has 0 unspecified atom stereocenters. The Morgan fingerprint density at radius 2 is 2.43 bits per heavy atom. The lowest BCUT2D eigenvalue weighted by molar-refractivity contribution is -0.107. The lowest BCUT2D eigenvalue weighted by Gasteiger charge is -1.73. The van der Waals surface area contributed by atoms with Crippen LogP contribution in [0.25, 0.3) is 0 Å². The van der Waals surface area contributed by atoms with Gasteiger partial charge in [-0.3, -0.25) is 10.2 Å². The van der Waals surface area contributed by atoms with E-state index in [-0.39, 0.29) is 6.41 Å². The van der Waals surface area contributed by atoms with Crippen LogP contribution in [0.15, 0.2) is 10.2 Å². The molecule has 7 heavy (non-hydrogen) atoms. The lowest BCUT2D eigenvalue weighted by atomic mass is 11.1. The number of carbonyl (C=O) groups is 1. The summed E-state index contributed by atoms with van der Waals surface area (Å²) >= 11 is 0. The summed E-state index contributed by atoms with van der Waals surface area (Å²) in [5.41, 5.74) is 4.64. The third kappa shape index (κ3) is 4.74. The van der Waals surface area contributed by atoms with E-state index in [2.05, 4.69) is 16.0 Å². The van der Waals surface area contributed by atoms with E-state index >= 15 is 0 Å². The van der Waals surface area contributed by atoms with Crippen LogP contribution in [0.5, 0.6) is 0 Å². The quantitative estimate of drug-likeness (QED) is 0.201. The fraction of sp³-hybridized carbons (Fsp3) is 0. The zero-order chi connectivity index (χ0) is 5.70. The summed E-state index contributed by atoms with van der Waals surface area (Å²) in [6.07, 6.45) is 0.210. The molecular weight excluding hydrogens is 96.0 g/mol. The average Bonchev–Trinajstić information content (AvgIpc) is 1.61. The summed E-state index contributed by atoms with van der Waals surface area (Å²) in [5.74, 6) is -0.466. The third-order valence-electron chi connectivity index (χ3n) is 0.213. The van der Waals surface area contributed by atoms with E-state index in [1.165, 1.54) is 0 Å². The number of azo groups is 1. The Balaban J connectivity index is 3.46. The number of nitrogens with one attached hydrogen (secondary N) is 1. The van der Waals surface area contributed by atoms with E-state index in [9.17, 15) is 4.79 Å². The molecular formula is C2H4N4O. The Kier molecular flexibility index (Phi) is 2.42. The molecule has 0 spiro atoms. The molecule has 5 nitrogen and oxygen atoms in total. The van der Waals surface area contributed by atoms with Crippen molar-refractivity contribution < 1.29 is 4.79 Å². The molecule has 1 amide bonds. The smallest absolute Gasteiger partial charge is 0.252 e. The number of hydrogen-bond donors (Lipinski definition) is 2. The Hall–Kier alpha value is -1.26. The average molecular weight is 100 g/mol. The van der Waals surface area contributed by atoms with E-state index in [0.29, 0.717) is 0 Å². The largest absolute Gasteiger partial charge is 0.367 e. The van der Waals surface area contributed by atoms with Crippen LogP contribution in [0, 0.1) is 5.41 Å². The topological polar surface area (TPSA) is 91.7 Å². The molecule has 0 aromatic rings. The summed E-state index contributed by atoms with van der Waals surface area (Å²) in [6, 6.07) is 0. The van der Waals surface area contributed by atoms with Crippen LogP contribution in [0.4, 0.5) is 0 Å². The molecule has 0 aliphatic heterocycles. The van der Waals surface area contributed by atoms with Crippen LogP contribution in [0.3, 0.4) is 0 Å². The Bertz CT molecular complexity index is 106. The fourth-order valence-electron chi connectivity index (χ4n) is 0.0858. The van der Waals surface area contributed by atoms with Gasteiger partial charge in [-0.25, -0.2) is 0 Å². The molecule has 0 aromatic carbocycles. The van der Waals surface area contributed by atoms with Gasteiger partial charge in [0.15, 0.2) is 0 Å². The molecule has 0 rings (SSSR count). The highest BCUT2D eigenvalue weighted by Crippen LogP contribution is 1.63. The Labute approximate surface area is 39.7 Å². The molecule has 3 N–H and O–H groups in total. The van der Waals surface area contributed by atoms with Gasteiger partial charge in [0.05, 0.1) is 0 Å². The number of nitrogens with two attached hydrogens (primary N) is 1. The van der Waals surface area contributed by atoms with Crippen molar-refractivity contribution in [3.63, 3.8) is 0 Å². The highest BCUT2D eigenvalue weighted by molar-refractivity contribution is 5.75. The van der Waals surface area contributed by atoms with Gasteiger partial charge >= 0.3 is 0 Å². The standard InChI is InChI=1S/C2H4N4O/c3-2(4)6-5-1-7/h1H,(H3,3,4). The first kappa shape index (κ1) is 5.74. The van der Waals surface area contributed by atoms with Crippen LogP contribution in [-0.4, -0.2) is 12.4 Å². The van der Waals surface area contributed by atoms with E-state index in [0.717, 1.165) is 0 Å². The van der Waals surface area contributed by atoms with Crippen LogP contribution in [0.2, 0.25) is 0 Å². The van der Waals surface area contributed by atoms with Crippen molar-refractivity contribution in [3.8, 4) is 0 Å². The first-order chi connectivity index (χ1) is 3.27. The minimum atomic E-state index is -0.466. The van der Waals surface area contributed by atoms with Crippen molar-refractivity contribution in [2.75, 3.05) is 0 Å². The molecule has 0 bridgehead atoms. The maximum atomic E-state index is 9.30. The molecule has 0 aliphatic carbocycles. The molecule has 0 saturated heterocycles. The zero-order valence-electron chi connectivity index (χ0n) is 3.46. The summed E-state index contributed by atoms with van der Waals surface area (Å²) in [4.78, 5) is 9.30. The van der Waals surface area contributed by atoms with Crippen molar-refractivity contribution in [1.82, 2.24) is 0 Å². The SMILES string of the molecule is N=C(N)N=NC=O. The molecule has 0 aliphatic rings. The number of carbonyl (C=O) groups excluding carboxylic acids is 1. The fourth-order valence-corrected chi connectivity index (χ4v) is 0.0858. The molecule has 5 heteroatoms. The number of hydrogen-bond acceptors (Lipinski definition) is 2. The van der Waals surface area contributed by atoms with Crippen LogP contribution >= 0.6 is 0 Å². The number of guanidine groups is 1. The first-order valence-electron chi connectivity index (χ1n) is 1.46. The highest BCUT2D eigenvalue weighted by Gasteiger charge is 1.72. The predicted octanol–water partition coefficient (Wildman–Crippen LogP) is -0.512. The summed E-state index contributed by atoms with van der Waals surface area (Å²) in [5, 5.41) is 12.0. The van der Waals surface area contributed by atoms with Crippen molar-refractivity contribution in [3.05, 3.63) is 0 Å². The Morgan fingerprint density at radius 1 is 1.86 bits per heavy atom. The monoisotopic (exact) mass is 100 g/mol. The second-order valence-electron chi connectivity index (χ2n) is 0.706. The minimum Gasteiger partial charge on any atom is -0.367 e. The van der Waals surface area contributed by atoms with Crippen molar-refractivity contribution in [2.45, 2.75) is 0 Å². The van der Waals surface area contributed by atoms with Crippen molar-refractivity contribution >= 4 is 12.4 Å². The molecule has 0 radical (unpaired) electrons. The number of nitrogens with zero attached hydrogens (tertiary/aromatic N) is 2. The molecule has 0 atom stereocenters. The summed E-state index contributed by atoms with van der Waals surface area (Å²) < 4.78 is 0. The van der Waals surface area contributed by atoms with Gasteiger partial charge in [0, 0.05) is 0 Å². The minimum absolute atomic E-state index is 0.210. The summed E-state index contributed by atoms with van der Waals surface area (Å²) in [6.45, 7) is 0. The van der Waals surface area contributed by atoms with Crippen molar-refractivity contribution in [2.24, 2.45) is 16.0 Å². The van der Waals surface area contributed by atoms with Crippen molar-refractivity contribution in [1.29, 1.82) is 5.41 Å². The highest BCUT2D eigenvalue weighted by atomic mass is 16.1. The van der Waals surface area contributed by atoms with Gasteiger partial charge in [0.25, 0.3) is 6.41 Å². The van der Waals surface area contributed by atoms with Gasteiger partial charge < -0.3 is 5.73 Å². The zero-order valence-corrected chi connectivity index (χ0v) is 3.46. The first-order valence-corrected chi connectivity index (χ1v) is 1.46. The van der Waals surface area contributed by atoms with Gasteiger partial charge in [0.2, 0.25) is 5.96 Å². The van der Waals surface area contributed by atoms with Crippen LogP contribution in [-0.2, 0) is 4.79 Å². The molecule has 0 heterocycles. The molecule has 38 valence electrons. The lowest BCUT2D eigenvalue weighted by Crippen LogP contribution is -2.03. The second kappa shape index (κ2) is 2.95. The van der Waals surface area contributed by atoms with E-state index in [1.807, 2.05) is 0 Å². The van der Waals surface area contributed by atoms with Gasteiger partial charge in [0.1, 0.15) is 0 Å². The van der Waals surface area contributed by atoms with Gasteiger partial charge in [-0.1, -0.05) is 0 Å². The molecule has 0 saturated carbocycles. The van der Waals surface area contributed by atoms with E-state index in [4.69, 9.17) is 5.41 Å². The number of amides is 1. The third-order valence-corrected chi connectivity index (χ3v) is 0.213. The maximum absolute atomic E-state index is 9.30. The van der Waals surface area contributed by atoms with Gasteiger partial charge in [-0.2, -0.15) is 0 Å². The van der Waals surface area contributed by atoms with Crippen LogP contribution < -0.4 is 5.73 Å². The molecule has 0 aromatic heterocycles. The van der Waals surface area contributed by atoms with E-state index < -0.39 is 5.96 Å². The Morgan fingerprint density at radius 3 is 2.57 bits per heavy atom. The van der Waals surface area contributed by atoms with E-state index in [1.54, 1.807) is 0 Å². The number of rotatable bonds is 1. The second-order valence-corrected chi connectivity index (χ2v) is 0.706. The van der Waals surface area contributed by atoms with Gasteiger partial charge in [-0.15, -0.1) is 10.2 Å². The summed E-state index contributed by atoms with van der Waals surface area (Å²) in [7, 11) is 0. The normalized spacial score (nSPS) is 9.14. The maximum Gasteiger partial charge on any atom is 0.252 e. The van der Waals surface area contributed by atoms with Crippen LogP contribution in [0.1, 0.15) is 0 Å². The van der Waals surface area contributed by atoms with Gasteiger partial charge in [-0.05, 0) is 0 Å².